The molecule has 0 unspecified atom stereocenters. The van der Waals surface area contributed by atoms with Crippen LogP contribution >= 0.6 is 0 Å². The lowest BCUT2D eigenvalue weighted by Gasteiger charge is -2.10. The molecule has 122 valence electrons. The molecule has 0 radical (unpaired) electrons. The number of hydrogen-bond acceptors (Lipinski definition) is 1. The lowest BCUT2D eigenvalue weighted by Crippen LogP contribution is -2.32. The zero-order chi connectivity index (χ0) is 17.4. The van der Waals surface area contributed by atoms with Gasteiger partial charge >= 0.3 is 5.82 Å². The lowest BCUT2D eigenvalue weighted by atomic mass is 9.96. The Labute approximate surface area is 144 Å². The van der Waals surface area contributed by atoms with Crippen molar-refractivity contribution in [1.82, 2.24) is 4.98 Å². The molecular formula is C22H25N2+. The summed E-state index contributed by atoms with van der Waals surface area (Å²) in [7, 11) is 2.06. The van der Waals surface area contributed by atoms with Crippen LogP contribution in [0.3, 0.4) is 0 Å². The molecule has 3 rings (SSSR count). The molecule has 1 heterocycles. The van der Waals surface area contributed by atoms with E-state index in [1.807, 2.05) is 0 Å². The second-order valence-corrected chi connectivity index (χ2v) is 6.79. The van der Waals surface area contributed by atoms with E-state index in [1.165, 1.54) is 38.9 Å². The van der Waals surface area contributed by atoms with Gasteiger partial charge in [0.2, 0.25) is 0 Å². The molecule has 0 amide bonds. The Morgan fingerprint density at radius 2 is 1.33 bits per heavy atom. The first-order valence-electron chi connectivity index (χ1n) is 8.40. The van der Waals surface area contributed by atoms with Gasteiger partial charge in [-0.05, 0) is 61.9 Å². The first kappa shape index (κ1) is 16.4. The predicted molar refractivity (Wildman–Crippen MR) is 100.0 cm³/mol. The molecule has 1 aromatic heterocycles. The first-order chi connectivity index (χ1) is 11.4. The Morgan fingerprint density at radius 3 is 1.92 bits per heavy atom. The maximum atomic E-state index is 5.05. The number of aromatic nitrogens is 2. The van der Waals surface area contributed by atoms with Crippen LogP contribution in [0, 0.1) is 34.6 Å². The van der Waals surface area contributed by atoms with Crippen molar-refractivity contribution < 1.29 is 4.57 Å². The van der Waals surface area contributed by atoms with Crippen molar-refractivity contribution in [1.29, 1.82) is 0 Å². The molecule has 0 saturated heterocycles. The quantitative estimate of drug-likeness (QED) is 0.621. The maximum absolute atomic E-state index is 5.05. The predicted octanol–water partition coefficient (Wildman–Crippen LogP) is 4.78. The Morgan fingerprint density at radius 1 is 0.750 bits per heavy atom. The van der Waals surface area contributed by atoms with E-state index in [9.17, 15) is 0 Å². The normalized spacial score (nSPS) is 10.9. The Kier molecular flexibility index (Phi) is 4.23. The fourth-order valence-corrected chi connectivity index (χ4v) is 3.61. The van der Waals surface area contributed by atoms with E-state index in [0.29, 0.717) is 0 Å². The molecule has 0 aliphatic rings. The number of hydrogen-bond donors (Lipinski definition) is 0. The van der Waals surface area contributed by atoms with E-state index in [2.05, 4.69) is 88.8 Å². The minimum absolute atomic E-state index is 1.02. The highest BCUT2D eigenvalue weighted by Gasteiger charge is 2.21. The number of benzene rings is 2. The molecule has 2 heteroatoms. The molecule has 0 aliphatic heterocycles. The summed E-state index contributed by atoms with van der Waals surface area (Å²) >= 11 is 0. The zero-order valence-electron chi connectivity index (χ0n) is 15.4. The van der Waals surface area contributed by atoms with Gasteiger partial charge in [-0.25, -0.2) is 4.57 Å². The zero-order valence-corrected chi connectivity index (χ0v) is 15.4. The minimum Gasteiger partial charge on any atom is -0.233 e. The highest BCUT2D eigenvalue weighted by molar-refractivity contribution is 5.70. The smallest absolute Gasteiger partial charge is 0.233 e. The molecule has 0 N–H and O–H groups in total. The summed E-state index contributed by atoms with van der Waals surface area (Å²) in [6, 6.07) is 13.0. The van der Waals surface area contributed by atoms with Gasteiger partial charge in [0.25, 0.3) is 0 Å². The number of aryl methyl sites for hydroxylation is 6. The van der Waals surface area contributed by atoms with Crippen molar-refractivity contribution in [3.63, 3.8) is 0 Å². The second kappa shape index (κ2) is 6.20. The van der Waals surface area contributed by atoms with Crippen LogP contribution in [-0.4, -0.2) is 4.98 Å². The highest BCUT2D eigenvalue weighted by Crippen LogP contribution is 2.29. The molecule has 0 atom stereocenters. The van der Waals surface area contributed by atoms with Crippen LogP contribution in [0.4, 0.5) is 0 Å². The summed E-state index contributed by atoms with van der Waals surface area (Å²) in [5.41, 5.74) is 9.88. The third-order valence-electron chi connectivity index (χ3n) is 4.65. The van der Waals surface area contributed by atoms with Gasteiger partial charge in [-0.2, -0.15) is 0 Å². The Balaban J connectivity index is 2.25. The van der Waals surface area contributed by atoms with Crippen LogP contribution < -0.4 is 4.57 Å². The molecule has 2 aromatic carbocycles. The van der Waals surface area contributed by atoms with Crippen molar-refractivity contribution >= 4 is 0 Å². The molecule has 0 saturated carbocycles. The van der Waals surface area contributed by atoms with Crippen molar-refractivity contribution in [2.24, 2.45) is 7.05 Å². The lowest BCUT2D eigenvalue weighted by molar-refractivity contribution is -0.663. The second-order valence-electron chi connectivity index (χ2n) is 6.79. The molecule has 24 heavy (non-hydrogen) atoms. The SMILES string of the molecule is Cc1cc(C)c(-c2cc[n+](C)c(-c3c(C)cccc3C)n2)c(C)c1. The van der Waals surface area contributed by atoms with Crippen LogP contribution in [0.15, 0.2) is 42.6 Å². The molecule has 0 aliphatic carbocycles. The summed E-state index contributed by atoms with van der Waals surface area (Å²) in [4.78, 5) is 5.05. The Hall–Kier alpha value is -2.48. The van der Waals surface area contributed by atoms with Gasteiger partial charge in [0.1, 0.15) is 0 Å². The van der Waals surface area contributed by atoms with Crippen molar-refractivity contribution in [3.05, 3.63) is 70.4 Å². The van der Waals surface area contributed by atoms with E-state index in [4.69, 9.17) is 4.98 Å². The summed E-state index contributed by atoms with van der Waals surface area (Å²) in [5, 5.41) is 0. The molecule has 0 fully saturated rings. The third-order valence-corrected chi connectivity index (χ3v) is 4.65. The summed E-state index contributed by atoms with van der Waals surface area (Å²) in [6.45, 7) is 10.8. The largest absolute Gasteiger partial charge is 0.331 e. The fourth-order valence-electron chi connectivity index (χ4n) is 3.61. The van der Waals surface area contributed by atoms with Gasteiger partial charge < -0.3 is 0 Å². The summed E-state index contributed by atoms with van der Waals surface area (Å²) < 4.78 is 2.11. The Bertz CT molecular complexity index is 880. The van der Waals surface area contributed by atoms with E-state index in [-0.39, 0.29) is 0 Å². The standard InChI is InChI=1S/C22H25N2/c1-14-12-17(4)20(18(5)13-14)19-10-11-24(6)22(23-19)21-15(2)8-7-9-16(21)3/h7-13H,1-6H3/q+1. The van der Waals surface area contributed by atoms with Crippen LogP contribution in [0.5, 0.6) is 0 Å². The van der Waals surface area contributed by atoms with E-state index < -0.39 is 0 Å². The molecule has 0 spiro atoms. The van der Waals surface area contributed by atoms with Crippen molar-refractivity contribution in [2.75, 3.05) is 0 Å². The van der Waals surface area contributed by atoms with Crippen molar-refractivity contribution in [3.8, 4) is 22.6 Å². The van der Waals surface area contributed by atoms with E-state index >= 15 is 0 Å². The first-order valence-corrected chi connectivity index (χ1v) is 8.40. The van der Waals surface area contributed by atoms with Crippen LogP contribution in [0.25, 0.3) is 22.6 Å². The topological polar surface area (TPSA) is 16.8 Å². The molecule has 3 aromatic rings. The third kappa shape index (κ3) is 2.84. The molecule has 0 bridgehead atoms. The van der Waals surface area contributed by atoms with Crippen molar-refractivity contribution in [2.45, 2.75) is 34.6 Å². The number of nitrogens with zero attached hydrogens (tertiary/aromatic N) is 2. The number of rotatable bonds is 2. The van der Waals surface area contributed by atoms with Crippen LogP contribution in [0.1, 0.15) is 27.8 Å². The van der Waals surface area contributed by atoms with Crippen LogP contribution in [-0.2, 0) is 7.05 Å². The van der Waals surface area contributed by atoms with Crippen LogP contribution in [0.2, 0.25) is 0 Å². The van der Waals surface area contributed by atoms with Gasteiger partial charge in [0.05, 0.1) is 18.8 Å². The fraction of sp³-hybridized carbons (Fsp3) is 0.273. The van der Waals surface area contributed by atoms with E-state index in [0.717, 1.165) is 11.5 Å². The minimum atomic E-state index is 1.02. The average Bonchev–Trinajstić information content (AvgIpc) is 2.49. The van der Waals surface area contributed by atoms with Gasteiger partial charge in [-0.3, -0.25) is 0 Å². The highest BCUT2D eigenvalue weighted by atomic mass is 15.0. The van der Waals surface area contributed by atoms with E-state index in [1.54, 1.807) is 0 Å². The monoisotopic (exact) mass is 317 g/mol. The molecular weight excluding hydrogens is 292 g/mol. The van der Waals surface area contributed by atoms with Gasteiger partial charge in [0, 0.05) is 11.6 Å². The van der Waals surface area contributed by atoms with Gasteiger partial charge in [-0.1, -0.05) is 35.9 Å². The summed E-state index contributed by atoms with van der Waals surface area (Å²) in [6.07, 6.45) is 2.11. The average molecular weight is 317 g/mol. The van der Waals surface area contributed by atoms with Gasteiger partial charge in [0.15, 0.2) is 5.69 Å². The summed E-state index contributed by atoms with van der Waals surface area (Å²) in [5.74, 6) is 1.02. The molecule has 2 nitrogen and oxygen atoms in total. The maximum Gasteiger partial charge on any atom is 0.331 e. The van der Waals surface area contributed by atoms with Gasteiger partial charge in [-0.15, -0.1) is 0 Å².